The monoisotopic (exact) mass is 316 g/mol. The van der Waals surface area contributed by atoms with Crippen LogP contribution < -0.4 is 20.5 Å². The molecule has 0 aromatic heterocycles. The molecule has 0 radical (unpaired) electrons. The van der Waals surface area contributed by atoms with E-state index in [1.165, 1.54) is 0 Å². The van der Waals surface area contributed by atoms with Gasteiger partial charge in [-0.1, -0.05) is 36.4 Å². The predicted octanol–water partition coefficient (Wildman–Crippen LogP) is 2.05. The number of aliphatic hydroxyl groups excluding tert-OH is 1. The molecular formula is C18H24N2O3. The lowest BCUT2D eigenvalue weighted by atomic mass is 10.0. The van der Waals surface area contributed by atoms with Gasteiger partial charge in [0.25, 0.3) is 0 Å². The number of aliphatic hydroxyl groups is 1. The molecule has 2 aromatic carbocycles. The lowest BCUT2D eigenvalue weighted by Crippen LogP contribution is -2.41. The van der Waals surface area contributed by atoms with Crippen LogP contribution in [-0.4, -0.2) is 38.0 Å². The first-order valence-electron chi connectivity index (χ1n) is 7.58. The van der Waals surface area contributed by atoms with E-state index in [1.54, 1.807) is 14.2 Å². The number of benzene rings is 2. The second kappa shape index (κ2) is 8.41. The molecule has 0 amide bonds. The van der Waals surface area contributed by atoms with Gasteiger partial charge in [-0.15, -0.1) is 0 Å². The summed E-state index contributed by atoms with van der Waals surface area (Å²) in [6, 6.07) is 15.1. The van der Waals surface area contributed by atoms with Gasteiger partial charge in [-0.2, -0.15) is 0 Å². The summed E-state index contributed by atoms with van der Waals surface area (Å²) in [4.78, 5) is 0. The largest absolute Gasteiger partial charge is 0.493 e. The fourth-order valence-electron chi connectivity index (χ4n) is 2.41. The molecule has 2 aromatic rings. The summed E-state index contributed by atoms with van der Waals surface area (Å²) in [6.07, 6.45) is -0.0510. The summed E-state index contributed by atoms with van der Waals surface area (Å²) in [6.45, 7) is 0.331. The zero-order valence-corrected chi connectivity index (χ0v) is 13.5. The molecule has 0 saturated heterocycles. The van der Waals surface area contributed by atoms with E-state index in [0.717, 1.165) is 11.3 Å². The van der Waals surface area contributed by atoms with Crippen molar-refractivity contribution in [2.24, 2.45) is 5.73 Å². The van der Waals surface area contributed by atoms with Crippen molar-refractivity contribution in [3.63, 3.8) is 0 Å². The van der Waals surface area contributed by atoms with E-state index in [4.69, 9.17) is 15.2 Å². The Balaban J connectivity index is 1.95. The van der Waals surface area contributed by atoms with Gasteiger partial charge in [0.1, 0.15) is 0 Å². The number of hydrogen-bond donors (Lipinski definition) is 3. The Morgan fingerprint density at radius 2 is 1.78 bits per heavy atom. The quantitative estimate of drug-likeness (QED) is 0.695. The van der Waals surface area contributed by atoms with E-state index in [0.29, 0.717) is 24.5 Å². The first-order valence-corrected chi connectivity index (χ1v) is 7.58. The minimum absolute atomic E-state index is 0.331. The number of nitrogens with two attached hydrogens (primary N) is 1. The number of para-hydroxylation sites is 1. The fraction of sp³-hybridized carbons (Fsp3) is 0.333. The molecule has 0 aliphatic heterocycles. The zero-order valence-electron chi connectivity index (χ0n) is 13.5. The molecule has 5 heteroatoms. The molecule has 0 heterocycles. The summed E-state index contributed by atoms with van der Waals surface area (Å²) >= 11 is 0. The van der Waals surface area contributed by atoms with Crippen molar-refractivity contribution >= 4 is 5.69 Å². The predicted molar refractivity (Wildman–Crippen MR) is 92.2 cm³/mol. The van der Waals surface area contributed by atoms with Gasteiger partial charge in [0.2, 0.25) is 0 Å². The van der Waals surface area contributed by atoms with Gasteiger partial charge in [0.15, 0.2) is 11.5 Å². The number of rotatable bonds is 8. The van der Waals surface area contributed by atoms with Gasteiger partial charge in [-0.3, -0.25) is 0 Å². The number of ether oxygens (including phenoxy) is 2. The van der Waals surface area contributed by atoms with Crippen LogP contribution in [0.5, 0.6) is 11.5 Å². The second-order valence-corrected chi connectivity index (χ2v) is 5.34. The van der Waals surface area contributed by atoms with Crippen molar-refractivity contribution in [3.05, 3.63) is 54.1 Å². The average Bonchev–Trinajstić information content (AvgIpc) is 2.59. The molecule has 0 aliphatic rings. The maximum absolute atomic E-state index is 10.3. The highest BCUT2D eigenvalue weighted by Gasteiger charge is 2.16. The van der Waals surface area contributed by atoms with Gasteiger partial charge >= 0.3 is 0 Å². The summed E-state index contributed by atoms with van der Waals surface area (Å²) in [5, 5.41) is 13.4. The highest BCUT2D eigenvalue weighted by atomic mass is 16.5. The zero-order chi connectivity index (χ0) is 16.7. The van der Waals surface area contributed by atoms with E-state index in [1.807, 2.05) is 48.5 Å². The molecule has 0 saturated carbocycles. The summed E-state index contributed by atoms with van der Waals surface area (Å²) in [5.41, 5.74) is 7.97. The number of nitrogens with one attached hydrogen (secondary N) is 1. The van der Waals surface area contributed by atoms with Crippen molar-refractivity contribution in [2.75, 3.05) is 26.1 Å². The number of anilines is 1. The third-order valence-electron chi connectivity index (χ3n) is 3.71. The Morgan fingerprint density at radius 3 is 2.43 bits per heavy atom. The number of methoxy groups -OCH3 is 2. The Kier molecular flexibility index (Phi) is 6.26. The molecule has 4 N–H and O–H groups in total. The molecule has 2 rings (SSSR count). The first kappa shape index (κ1) is 17.1. The highest BCUT2D eigenvalue weighted by Crippen LogP contribution is 2.34. The summed E-state index contributed by atoms with van der Waals surface area (Å²) < 4.78 is 10.6. The molecule has 23 heavy (non-hydrogen) atoms. The lowest BCUT2D eigenvalue weighted by Gasteiger charge is -2.21. The SMILES string of the molecule is COc1cccc(NC[C@@H](O)[C@@H](N)Cc2ccccc2)c1OC. The van der Waals surface area contributed by atoms with Crippen molar-refractivity contribution in [1.29, 1.82) is 0 Å². The maximum atomic E-state index is 10.3. The van der Waals surface area contributed by atoms with Crippen LogP contribution in [0.1, 0.15) is 5.56 Å². The van der Waals surface area contributed by atoms with Gasteiger partial charge in [-0.05, 0) is 24.1 Å². The molecule has 2 atom stereocenters. The van der Waals surface area contributed by atoms with E-state index < -0.39 is 6.10 Å². The van der Waals surface area contributed by atoms with Crippen LogP contribution in [0.25, 0.3) is 0 Å². The van der Waals surface area contributed by atoms with Gasteiger partial charge in [0.05, 0.1) is 26.0 Å². The van der Waals surface area contributed by atoms with Crippen LogP contribution in [0.3, 0.4) is 0 Å². The Bertz CT molecular complexity index is 604. The van der Waals surface area contributed by atoms with Crippen molar-refractivity contribution < 1.29 is 14.6 Å². The molecule has 5 nitrogen and oxygen atoms in total. The lowest BCUT2D eigenvalue weighted by molar-refractivity contribution is 0.156. The van der Waals surface area contributed by atoms with Crippen LogP contribution in [0, 0.1) is 0 Å². The Hall–Kier alpha value is -2.24. The van der Waals surface area contributed by atoms with Crippen LogP contribution in [0.2, 0.25) is 0 Å². The van der Waals surface area contributed by atoms with E-state index in [2.05, 4.69) is 5.32 Å². The van der Waals surface area contributed by atoms with E-state index in [-0.39, 0.29) is 6.04 Å². The average molecular weight is 316 g/mol. The third kappa shape index (κ3) is 4.61. The van der Waals surface area contributed by atoms with Crippen LogP contribution in [0.4, 0.5) is 5.69 Å². The third-order valence-corrected chi connectivity index (χ3v) is 3.71. The highest BCUT2D eigenvalue weighted by molar-refractivity contribution is 5.63. The van der Waals surface area contributed by atoms with E-state index >= 15 is 0 Å². The second-order valence-electron chi connectivity index (χ2n) is 5.34. The maximum Gasteiger partial charge on any atom is 0.183 e. The molecule has 0 unspecified atom stereocenters. The summed E-state index contributed by atoms with van der Waals surface area (Å²) in [7, 11) is 3.17. The van der Waals surface area contributed by atoms with Gasteiger partial charge in [0, 0.05) is 12.6 Å². The van der Waals surface area contributed by atoms with Crippen LogP contribution >= 0.6 is 0 Å². The van der Waals surface area contributed by atoms with Gasteiger partial charge in [-0.25, -0.2) is 0 Å². The topological polar surface area (TPSA) is 76.7 Å². The Labute approximate surface area is 137 Å². The Morgan fingerprint density at radius 1 is 1.04 bits per heavy atom. The standard InChI is InChI=1S/C18H24N2O3/c1-22-17-10-6-9-15(18(17)23-2)20-12-16(21)14(19)11-13-7-4-3-5-8-13/h3-10,14,16,20-21H,11-12,19H2,1-2H3/t14-,16+/m0/s1. The fourth-order valence-corrected chi connectivity index (χ4v) is 2.41. The van der Waals surface area contributed by atoms with E-state index in [9.17, 15) is 5.11 Å². The van der Waals surface area contributed by atoms with Crippen molar-refractivity contribution in [1.82, 2.24) is 0 Å². The molecule has 0 bridgehead atoms. The molecule has 0 fully saturated rings. The van der Waals surface area contributed by atoms with Crippen LogP contribution in [0.15, 0.2) is 48.5 Å². The normalized spacial score (nSPS) is 13.2. The smallest absolute Gasteiger partial charge is 0.183 e. The molecule has 0 aliphatic carbocycles. The number of hydrogen-bond acceptors (Lipinski definition) is 5. The molecule has 124 valence electrons. The summed E-state index contributed by atoms with van der Waals surface area (Å²) in [5.74, 6) is 1.25. The minimum atomic E-state index is -0.675. The minimum Gasteiger partial charge on any atom is -0.493 e. The van der Waals surface area contributed by atoms with Crippen molar-refractivity contribution in [2.45, 2.75) is 18.6 Å². The molecule has 0 spiro atoms. The van der Waals surface area contributed by atoms with Crippen LogP contribution in [-0.2, 0) is 6.42 Å². The van der Waals surface area contributed by atoms with Crippen molar-refractivity contribution in [3.8, 4) is 11.5 Å². The first-order chi connectivity index (χ1) is 11.2. The molecular weight excluding hydrogens is 292 g/mol. The van der Waals surface area contributed by atoms with Gasteiger partial charge < -0.3 is 25.6 Å².